The van der Waals surface area contributed by atoms with Gasteiger partial charge < -0.3 is 9.26 Å². The van der Waals surface area contributed by atoms with Crippen molar-refractivity contribution in [2.75, 3.05) is 0 Å². The lowest BCUT2D eigenvalue weighted by Crippen LogP contribution is -2.13. The van der Waals surface area contributed by atoms with Crippen LogP contribution in [0.1, 0.15) is 43.3 Å². The molecule has 0 aliphatic rings. The highest BCUT2D eigenvalue weighted by Gasteiger charge is 2.20. The molecule has 0 N–H and O–H groups in total. The maximum absolute atomic E-state index is 12.7. The summed E-state index contributed by atoms with van der Waals surface area (Å²) < 4.78 is 10.4. The lowest BCUT2D eigenvalue weighted by atomic mass is 9.98. The van der Waals surface area contributed by atoms with Gasteiger partial charge in [-0.15, -0.1) is 0 Å². The van der Waals surface area contributed by atoms with Crippen molar-refractivity contribution in [1.29, 1.82) is 0 Å². The summed E-state index contributed by atoms with van der Waals surface area (Å²) in [6.45, 7) is 3.56. The van der Waals surface area contributed by atoms with E-state index in [4.69, 9.17) is 20.9 Å². The molecular weight excluding hydrogens is 354 g/mol. The monoisotopic (exact) mass is 369 g/mol. The normalized spacial score (nSPS) is 10.6. The van der Waals surface area contributed by atoms with Crippen molar-refractivity contribution < 1.29 is 18.8 Å². The molecule has 0 spiro atoms. The fraction of sp³-hybridized carbons (Fsp3) is 0.150. The minimum absolute atomic E-state index is 0.0312. The molecule has 3 aromatic rings. The van der Waals surface area contributed by atoms with E-state index in [0.717, 1.165) is 5.56 Å². The van der Waals surface area contributed by atoms with Crippen LogP contribution in [0.25, 0.3) is 0 Å². The number of aryl methyl sites for hydroxylation is 2. The second-order valence-electron chi connectivity index (χ2n) is 5.76. The van der Waals surface area contributed by atoms with Crippen LogP contribution in [0.5, 0.6) is 0 Å². The molecule has 0 saturated heterocycles. The molecule has 0 aliphatic carbocycles. The van der Waals surface area contributed by atoms with Gasteiger partial charge in [0.2, 0.25) is 0 Å². The molecule has 1 heterocycles. The van der Waals surface area contributed by atoms with Gasteiger partial charge in [-0.25, -0.2) is 4.79 Å². The lowest BCUT2D eigenvalue weighted by molar-refractivity contribution is 0.0468. The standard InChI is InChI=1S/C20H16ClNO4/c1-12-18(13(2)26-22-12)11-25-20(24)17-6-4-3-5-16(17)19(23)14-7-9-15(21)10-8-14/h3-10H,11H2,1-2H3. The first-order valence-corrected chi connectivity index (χ1v) is 8.33. The smallest absolute Gasteiger partial charge is 0.339 e. The topological polar surface area (TPSA) is 69.4 Å². The number of nitrogens with zero attached hydrogens (tertiary/aromatic N) is 1. The minimum Gasteiger partial charge on any atom is -0.457 e. The second-order valence-corrected chi connectivity index (χ2v) is 6.20. The van der Waals surface area contributed by atoms with Crippen LogP contribution in [-0.4, -0.2) is 16.9 Å². The Morgan fingerprint density at radius 2 is 1.69 bits per heavy atom. The van der Waals surface area contributed by atoms with Crippen LogP contribution >= 0.6 is 11.6 Å². The molecule has 0 amide bonds. The largest absolute Gasteiger partial charge is 0.457 e. The first-order chi connectivity index (χ1) is 12.5. The Bertz CT molecular complexity index is 941. The Balaban J connectivity index is 1.83. The number of aromatic nitrogens is 1. The Labute approximate surface area is 155 Å². The van der Waals surface area contributed by atoms with Crippen LogP contribution in [0.4, 0.5) is 0 Å². The van der Waals surface area contributed by atoms with Crippen molar-refractivity contribution in [3.63, 3.8) is 0 Å². The second kappa shape index (κ2) is 7.54. The van der Waals surface area contributed by atoms with Crippen LogP contribution in [0.2, 0.25) is 5.02 Å². The van der Waals surface area contributed by atoms with Gasteiger partial charge in [-0.2, -0.15) is 0 Å². The predicted molar refractivity (Wildman–Crippen MR) is 96.4 cm³/mol. The Morgan fingerprint density at radius 1 is 1.04 bits per heavy atom. The average Bonchev–Trinajstić information content (AvgIpc) is 2.97. The van der Waals surface area contributed by atoms with Gasteiger partial charge in [0.1, 0.15) is 12.4 Å². The van der Waals surface area contributed by atoms with E-state index in [-0.39, 0.29) is 23.5 Å². The van der Waals surface area contributed by atoms with Gasteiger partial charge in [-0.1, -0.05) is 35.0 Å². The SMILES string of the molecule is Cc1noc(C)c1COC(=O)c1ccccc1C(=O)c1ccc(Cl)cc1. The van der Waals surface area contributed by atoms with Gasteiger partial charge in [0.15, 0.2) is 5.78 Å². The van der Waals surface area contributed by atoms with Gasteiger partial charge in [-0.3, -0.25) is 4.79 Å². The minimum atomic E-state index is -0.581. The number of ether oxygens (including phenoxy) is 1. The van der Waals surface area contributed by atoms with Gasteiger partial charge in [0.05, 0.1) is 16.8 Å². The third-order valence-corrected chi connectivity index (χ3v) is 4.28. The summed E-state index contributed by atoms with van der Waals surface area (Å²) in [5.41, 5.74) is 2.32. The first-order valence-electron chi connectivity index (χ1n) is 7.95. The molecule has 6 heteroatoms. The third-order valence-electron chi connectivity index (χ3n) is 4.03. The average molecular weight is 370 g/mol. The van der Waals surface area contributed by atoms with E-state index in [0.29, 0.717) is 22.0 Å². The maximum Gasteiger partial charge on any atom is 0.339 e. The van der Waals surface area contributed by atoms with Crippen LogP contribution in [0, 0.1) is 13.8 Å². The molecule has 3 rings (SSSR count). The van der Waals surface area contributed by atoms with Gasteiger partial charge in [-0.05, 0) is 44.2 Å². The first kappa shape index (κ1) is 17.9. The molecule has 2 aromatic carbocycles. The van der Waals surface area contributed by atoms with E-state index in [1.807, 2.05) is 0 Å². The van der Waals surface area contributed by atoms with Crippen LogP contribution in [0.3, 0.4) is 0 Å². The zero-order valence-electron chi connectivity index (χ0n) is 14.3. The van der Waals surface area contributed by atoms with Crippen molar-refractivity contribution >= 4 is 23.4 Å². The zero-order chi connectivity index (χ0) is 18.7. The Kier molecular flexibility index (Phi) is 5.19. The highest BCUT2D eigenvalue weighted by Crippen LogP contribution is 2.19. The molecule has 0 bridgehead atoms. The van der Waals surface area contributed by atoms with Crippen molar-refractivity contribution in [3.05, 3.63) is 87.3 Å². The quantitative estimate of drug-likeness (QED) is 0.488. The maximum atomic E-state index is 12.7. The molecule has 0 atom stereocenters. The van der Waals surface area contributed by atoms with Gasteiger partial charge in [0.25, 0.3) is 0 Å². The number of hydrogen-bond acceptors (Lipinski definition) is 5. The summed E-state index contributed by atoms with van der Waals surface area (Å²) in [6.07, 6.45) is 0. The fourth-order valence-electron chi connectivity index (χ4n) is 2.54. The van der Waals surface area contributed by atoms with E-state index < -0.39 is 5.97 Å². The zero-order valence-corrected chi connectivity index (χ0v) is 15.0. The lowest BCUT2D eigenvalue weighted by Gasteiger charge is -2.09. The van der Waals surface area contributed by atoms with Gasteiger partial charge >= 0.3 is 5.97 Å². The molecule has 0 saturated carbocycles. The number of esters is 1. The molecule has 132 valence electrons. The summed E-state index contributed by atoms with van der Waals surface area (Å²) >= 11 is 5.86. The van der Waals surface area contributed by atoms with Gasteiger partial charge in [0, 0.05) is 16.1 Å². The molecule has 5 nitrogen and oxygen atoms in total. The summed E-state index contributed by atoms with van der Waals surface area (Å²) in [4.78, 5) is 25.3. The highest BCUT2D eigenvalue weighted by atomic mass is 35.5. The number of benzene rings is 2. The van der Waals surface area contributed by atoms with E-state index in [1.54, 1.807) is 62.4 Å². The fourth-order valence-corrected chi connectivity index (χ4v) is 2.67. The van der Waals surface area contributed by atoms with Crippen LogP contribution < -0.4 is 0 Å². The molecular formula is C20H16ClNO4. The number of rotatable bonds is 5. The van der Waals surface area contributed by atoms with Crippen LogP contribution in [0.15, 0.2) is 53.1 Å². The van der Waals surface area contributed by atoms with Crippen molar-refractivity contribution in [3.8, 4) is 0 Å². The van der Waals surface area contributed by atoms with E-state index >= 15 is 0 Å². The third kappa shape index (κ3) is 3.68. The molecule has 0 unspecified atom stereocenters. The molecule has 0 fully saturated rings. The molecule has 26 heavy (non-hydrogen) atoms. The summed E-state index contributed by atoms with van der Waals surface area (Å²) in [6, 6.07) is 13.1. The van der Waals surface area contributed by atoms with Crippen molar-refractivity contribution in [2.45, 2.75) is 20.5 Å². The summed E-state index contributed by atoms with van der Waals surface area (Å²) in [5.74, 6) is -0.254. The van der Waals surface area contributed by atoms with Crippen LogP contribution in [-0.2, 0) is 11.3 Å². The van der Waals surface area contributed by atoms with Crippen molar-refractivity contribution in [2.24, 2.45) is 0 Å². The number of hydrogen-bond donors (Lipinski definition) is 0. The van der Waals surface area contributed by atoms with E-state index in [9.17, 15) is 9.59 Å². The predicted octanol–water partition coefficient (Wildman–Crippen LogP) is 4.53. The molecule has 1 aromatic heterocycles. The number of ketones is 1. The Morgan fingerprint density at radius 3 is 2.31 bits per heavy atom. The number of carbonyl (C=O) groups is 2. The number of carbonyl (C=O) groups excluding carboxylic acids is 2. The Hall–Kier alpha value is -2.92. The summed E-state index contributed by atoms with van der Waals surface area (Å²) in [7, 11) is 0. The number of halogens is 1. The molecule has 0 radical (unpaired) electrons. The van der Waals surface area contributed by atoms with E-state index in [1.165, 1.54) is 0 Å². The highest BCUT2D eigenvalue weighted by molar-refractivity contribution is 6.30. The molecule has 0 aliphatic heterocycles. The van der Waals surface area contributed by atoms with E-state index in [2.05, 4.69) is 5.16 Å². The summed E-state index contributed by atoms with van der Waals surface area (Å²) in [5, 5.41) is 4.36. The van der Waals surface area contributed by atoms with Crippen molar-refractivity contribution in [1.82, 2.24) is 5.16 Å².